The van der Waals surface area contributed by atoms with Gasteiger partial charge in [0.25, 0.3) is 0 Å². The smallest absolute Gasteiger partial charge is 0.159 e. The first-order chi connectivity index (χ1) is 28.5. The van der Waals surface area contributed by atoms with Crippen molar-refractivity contribution in [1.82, 2.24) is 0 Å². The molecular weight excluding hydrogens is 703 g/mol. The van der Waals surface area contributed by atoms with Gasteiger partial charge in [0, 0.05) is 33.1 Å². The van der Waals surface area contributed by atoms with Gasteiger partial charge in [-0.1, -0.05) is 172 Å². The third-order valence-electron chi connectivity index (χ3n) is 12.1. The van der Waals surface area contributed by atoms with Crippen LogP contribution in [0.4, 0.5) is 17.1 Å². The molecular formula is C56H45NO. The van der Waals surface area contributed by atoms with Crippen LogP contribution < -0.4 is 4.90 Å². The van der Waals surface area contributed by atoms with Crippen LogP contribution in [0.3, 0.4) is 0 Å². The van der Waals surface area contributed by atoms with Gasteiger partial charge in [0.05, 0.1) is 5.69 Å². The van der Waals surface area contributed by atoms with Crippen molar-refractivity contribution in [1.29, 1.82) is 0 Å². The summed E-state index contributed by atoms with van der Waals surface area (Å²) in [6.45, 7) is 9.04. The zero-order chi connectivity index (χ0) is 39.4. The van der Waals surface area contributed by atoms with Crippen LogP contribution in [0.1, 0.15) is 50.8 Å². The van der Waals surface area contributed by atoms with Crippen LogP contribution in [0.25, 0.3) is 71.7 Å². The van der Waals surface area contributed by atoms with E-state index in [9.17, 15) is 0 Å². The molecule has 0 unspecified atom stereocenters. The molecule has 9 aromatic rings. The second-order valence-electron chi connectivity index (χ2n) is 15.9. The maximum atomic E-state index is 7.36. The number of para-hydroxylation sites is 2. The Balaban J connectivity index is 1.18. The van der Waals surface area contributed by atoms with Gasteiger partial charge in [-0.2, -0.15) is 0 Å². The van der Waals surface area contributed by atoms with Gasteiger partial charge in [0.2, 0.25) is 0 Å². The second kappa shape index (κ2) is 14.2. The Kier molecular flexibility index (Phi) is 8.72. The number of rotatable bonds is 8. The Labute approximate surface area is 341 Å². The number of nitrogens with zero attached hydrogens (tertiary/aromatic N) is 1. The molecule has 1 aliphatic rings. The van der Waals surface area contributed by atoms with Crippen molar-refractivity contribution in [3.05, 3.63) is 205 Å². The van der Waals surface area contributed by atoms with Crippen LogP contribution in [-0.4, -0.2) is 0 Å². The molecule has 0 radical (unpaired) electrons. The Morgan fingerprint density at radius 2 is 1.21 bits per heavy atom. The van der Waals surface area contributed by atoms with Crippen LogP contribution in [0, 0.1) is 0 Å². The highest BCUT2D eigenvalue weighted by Crippen LogP contribution is 2.57. The van der Waals surface area contributed by atoms with E-state index >= 15 is 0 Å². The second-order valence-corrected chi connectivity index (χ2v) is 15.9. The molecule has 2 nitrogen and oxygen atoms in total. The minimum atomic E-state index is -0.257. The van der Waals surface area contributed by atoms with Crippen LogP contribution in [0.5, 0.6) is 0 Å². The molecule has 0 fully saturated rings. The van der Waals surface area contributed by atoms with E-state index in [4.69, 9.17) is 4.42 Å². The molecule has 0 atom stereocenters. The van der Waals surface area contributed by atoms with Crippen molar-refractivity contribution in [2.75, 3.05) is 4.90 Å². The summed E-state index contributed by atoms with van der Waals surface area (Å²) in [5.41, 5.74) is 17.1. The van der Waals surface area contributed by atoms with Crippen molar-refractivity contribution in [2.45, 2.75) is 39.5 Å². The van der Waals surface area contributed by atoms with Gasteiger partial charge >= 0.3 is 0 Å². The Morgan fingerprint density at radius 1 is 0.586 bits per heavy atom. The summed E-state index contributed by atoms with van der Waals surface area (Å²) >= 11 is 0. The normalized spacial score (nSPS) is 13.4. The summed E-state index contributed by atoms with van der Waals surface area (Å²) in [7, 11) is 0. The summed E-state index contributed by atoms with van der Waals surface area (Å²) in [6.07, 6.45) is 7.65. The van der Waals surface area contributed by atoms with Crippen LogP contribution in [0.15, 0.2) is 193 Å². The van der Waals surface area contributed by atoms with Crippen molar-refractivity contribution < 1.29 is 4.42 Å². The van der Waals surface area contributed by atoms with E-state index in [1.54, 1.807) is 0 Å². The molecule has 0 bridgehead atoms. The van der Waals surface area contributed by atoms with Crippen LogP contribution in [-0.2, 0) is 5.41 Å². The lowest BCUT2D eigenvalue weighted by atomic mass is 9.79. The maximum Gasteiger partial charge on any atom is 0.159 e. The topological polar surface area (TPSA) is 16.4 Å². The quantitative estimate of drug-likeness (QED) is 0.144. The van der Waals surface area contributed by atoms with E-state index in [-0.39, 0.29) is 5.41 Å². The monoisotopic (exact) mass is 747 g/mol. The van der Waals surface area contributed by atoms with Crippen molar-refractivity contribution >= 4 is 55.3 Å². The largest absolute Gasteiger partial charge is 0.453 e. The molecule has 280 valence electrons. The lowest BCUT2D eigenvalue weighted by Gasteiger charge is -2.26. The molecule has 1 aromatic heterocycles. The molecule has 10 rings (SSSR count). The van der Waals surface area contributed by atoms with E-state index in [1.165, 1.54) is 66.4 Å². The van der Waals surface area contributed by atoms with E-state index in [1.807, 2.05) is 0 Å². The lowest BCUT2D eigenvalue weighted by Crippen LogP contribution is -2.15. The third-order valence-corrected chi connectivity index (χ3v) is 12.1. The molecule has 0 saturated heterocycles. The predicted octanol–water partition coefficient (Wildman–Crippen LogP) is 16.2. The molecule has 1 heterocycles. The van der Waals surface area contributed by atoms with Gasteiger partial charge in [-0.3, -0.25) is 0 Å². The standard InChI is InChI=1S/C56H45NO/c1-5-7-18-37(6-2)39-29-31-40(32-30-39)42-33-34-47-49(36-42)56(3,4)53-46-26-15-14-25-45(46)51-48-27-17-28-50(54(48)58-55(51)52(47)53)57(43-22-12-9-13-23-43)44-24-16-21-41(35-44)38-19-10-8-11-20-38/h6-36H,5H2,1-4H3/b18-7-,37-6+. The highest BCUT2D eigenvalue weighted by molar-refractivity contribution is 6.26. The Morgan fingerprint density at radius 3 is 1.97 bits per heavy atom. The highest BCUT2D eigenvalue weighted by Gasteiger charge is 2.40. The fourth-order valence-corrected chi connectivity index (χ4v) is 9.31. The van der Waals surface area contributed by atoms with Gasteiger partial charge in [-0.05, 0) is 111 Å². The van der Waals surface area contributed by atoms with Gasteiger partial charge in [0.1, 0.15) is 5.58 Å². The molecule has 58 heavy (non-hydrogen) atoms. The minimum absolute atomic E-state index is 0.257. The van der Waals surface area contributed by atoms with E-state index < -0.39 is 0 Å². The molecule has 0 spiro atoms. The summed E-state index contributed by atoms with van der Waals surface area (Å²) in [4.78, 5) is 2.34. The first kappa shape index (κ1) is 35.5. The molecule has 0 N–H and O–H groups in total. The average molecular weight is 748 g/mol. The third kappa shape index (κ3) is 5.71. The Bertz CT molecular complexity index is 3050. The van der Waals surface area contributed by atoms with Crippen molar-refractivity contribution in [2.24, 2.45) is 0 Å². The van der Waals surface area contributed by atoms with E-state index in [0.717, 1.165) is 45.4 Å². The lowest BCUT2D eigenvalue weighted by molar-refractivity contribution is 0.658. The number of furan rings is 1. The number of hydrogen-bond acceptors (Lipinski definition) is 2. The summed E-state index contributed by atoms with van der Waals surface area (Å²) in [5.74, 6) is 0. The number of allylic oxidation sites excluding steroid dienone is 4. The van der Waals surface area contributed by atoms with E-state index in [2.05, 4.69) is 221 Å². The minimum Gasteiger partial charge on any atom is -0.453 e. The predicted molar refractivity (Wildman–Crippen MR) is 247 cm³/mol. The number of anilines is 3. The Hall–Kier alpha value is -6.90. The summed E-state index contributed by atoms with van der Waals surface area (Å²) < 4.78 is 7.36. The fourth-order valence-electron chi connectivity index (χ4n) is 9.31. The number of benzene rings is 8. The van der Waals surface area contributed by atoms with Gasteiger partial charge in [0.15, 0.2) is 5.58 Å². The van der Waals surface area contributed by atoms with Gasteiger partial charge in [-0.25, -0.2) is 0 Å². The molecule has 2 heteroatoms. The van der Waals surface area contributed by atoms with Gasteiger partial charge < -0.3 is 9.32 Å². The highest BCUT2D eigenvalue weighted by atomic mass is 16.3. The molecule has 1 aliphatic carbocycles. The molecule has 8 aromatic carbocycles. The molecule has 0 saturated carbocycles. The summed E-state index contributed by atoms with van der Waals surface area (Å²) in [5, 5.41) is 4.78. The number of fused-ring (bicyclic) bond motifs is 10. The average Bonchev–Trinajstić information content (AvgIpc) is 3.78. The van der Waals surface area contributed by atoms with E-state index in [0.29, 0.717) is 0 Å². The zero-order valence-electron chi connectivity index (χ0n) is 33.5. The maximum absolute atomic E-state index is 7.36. The van der Waals surface area contributed by atoms with Crippen LogP contribution >= 0.6 is 0 Å². The fraction of sp³-hybridized carbons (Fsp3) is 0.107. The zero-order valence-corrected chi connectivity index (χ0v) is 33.5. The first-order valence-electron chi connectivity index (χ1n) is 20.5. The molecule has 0 aliphatic heterocycles. The number of hydrogen-bond donors (Lipinski definition) is 0. The summed E-state index contributed by atoms with van der Waals surface area (Å²) in [6, 6.07) is 61.7. The first-order valence-corrected chi connectivity index (χ1v) is 20.5. The van der Waals surface area contributed by atoms with Crippen molar-refractivity contribution in [3.63, 3.8) is 0 Å². The van der Waals surface area contributed by atoms with Gasteiger partial charge in [-0.15, -0.1) is 0 Å². The van der Waals surface area contributed by atoms with Crippen LogP contribution in [0.2, 0.25) is 0 Å². The SMILES string of the molecule is C/C=C(\C=C/CC)c1ccc(-c2ccc3c(c2)C(C)(C)c2c-3c3oc4c(N(c5ccccc5)c5cccc(-c6ccccc6)c5)cccc4c3c3ccccc23)cc1. The van der Waals surface area contributed by atoms with Crippen molar-refractivity contribution in [3.8, 4) is 33.4 Å². The molecule has 0 amide bonds.